The van der Waals surface area contributed by atoms with Crippen LogP contribution in [0.15, 0.2) is 24.3 Å². The number of hydrogen-bond acceptors (Lipinski definition) is 2. The zero-order valence-electron chi connectivity index (χ0n) is 8.82. The quantitative estimate of drug-likeness (QED) is 0.739. The van der Waals surface area contributed by atoms with Crippen molar-refractivity contribution < 1.29 is 9.59 Å². The van der Waals surface area contributed by atoms with Crippen LogP contribution in [0.2, 0.25) is 0 Å². The molecule has 1 aromatic rings. The van der Waals surface area contributed by atoms with Crippen LogP contribution in [0.1, 0.15) is 48.0 Å². The molecular weight excluding hydrogens is 188 g/mol. The molecule has 1 aliphatic rings. The number of Topliss-reactive ketones (excluding diaryl/α,β-unsaturated/α-hetero) is 2. The number of benzene rings is 1. The lowest BCUT2D eigenvalue weighted by Gasteiger charge is -2.22. The molecule has 2 rings (SSSR count). The third-order valence-electron chi connectivity index (χ3n) is 3.03. The van der Waals surface area contributed by atoms with E-state index in [1.807, 2.05) is 31.2 Å². The van der Waals surface area contributed by atoms with E-state index in [-0.39, 0.29) is 17.5 Å². The number of fused-ring (bicyclic) bond motifs is 1. The summed E-state index contributed by atoms with van der Waals surface area (Å²) in [5.41, 5.74) is 1.68. The van der Waals surface area contributed by atoms with Crippen LogP contribution >= 0.6 is 0 Å². The van der Waals surface area contributed by atoms with E-state index in [1.54, 1.807) is 0 Å². The molecule has 2 heteroatoms. The maximum atomic E-state index is 11.7. The average molecular weight is 202 g/mol. The number of rotatable bonds is 2. The summed E-state index contributed by atoms with van der Waals surface area (Å²) in [6.07, 6.45) is 1.74. The second-order valence-electron chi connectivity index (χ2n) is 3.92. The molecule has 0 saturated carbocycles. The van der Waals surface area contributed by atoms with Crippen molar-refractivity contribution in [2.24, 2.45) is 0 Å². The smallest absolute Gasteiger partial charge is 0.163 e. The summed E-state index contributed by atoms with van der Waals surface area (Å²) in [6, 6.07) is 7.49. The van der Waals surface area contributed by atoms with Crippen molar-refractivity contribution in [3.8, 4) is 0 Å². The number of ketones is 2. The Morgan fingerprint density at radius 1 is 1.40 bits per heavy atom. The molecule has 78 valence electrons. The second-order valence-corrected chi connectivity index (χ2v) is 3.92. The van der Waals surface area contributed by atoms with Gasteiger partial charge in [0, 0.05) is 24.3 Å². The normalized spacial score (nSPS) is 19.8. The molecule has 0 aromatic heterocycles. The van der Waals surface area contributed by atoms with Gasteiger partial charge < -0.3 is 0 Å². The highest BCUT2D eigenvalue weighted by atomic mass is 16.1. The van der Waals surface area contributed by atoms with E-state index in [1.165, 1.54) is 0 Å². The molecule has 1 aliphatic carbocycles. The Morgan fingerprint density at radius 2 is 2.13 bits per heavy atom. The molecule has 0 radical (unpaired) electrons. The third-order valence-corrected chi connectivity index (χ3v) is 3.03. The van der Waals surface area contributed by atoms with Crippen molar-refractivity contribution in [2.75, 3.05) is 0 Å². The molecule has 1 atom stereocenters. The molecule has 0 N–H and O–H groups in total. The fraction of sp³-hybridized carbons (Fsp3) is 0.385. The maximum absolute atomic E-state index is 11.7. The van der Waals surface area contributed by atoms with Crippen LogP contribution < -0.4 is 0 Å². The molecule has 0 spiro atoms. The molecule has 0 bridgehead atoms. The number of carbonyl (C=O) groups is 2. The van der Waals surface area contributed by atoms with Crippen molar-refractivity contribution >= 4 is 11.6 Å². The van der Waals surface area contributed by atoms with Gasteiger partial charge in [-0.05, 0) is 12.0 Å². The summed E-state index contributed by atoms with van der Waals surface area (Å²) >= 11 is 0. The SMILES string of the molecule is CCC(=O)C1CCC(=O)c2ccccc21. The molecule has 0 saturated heterocycles. The van der Waals surface area contributed by atoms with E-state index < -0.39 is 0 Å². The third kappa shape index (κ3) is 1.72. The highest BCUT2D eigenvalue weighted by Gasteiger charge is 2.28. The highest BCUT2D eigenvalue weighted by molar-refractivity contribution is 6.02. The number of carbonyl (C=O) groups excluding carboxylic acids is 2. The first-order valence-corrected chi connectivity index (χ1v) is 5.39. The lowest BCUT2D eigenvalue weighted by Crippen LogP contribution is -2.21. The van der Waals surface area contributed by atoms with E-state index in [4.69, 9.17) is 0 Å². The van der Waals surface area contributed by atoms with Gasteiger partial charge in [0.1, 0.15) is 5.78 Å². The summed E-state index contributed by atoms with van der Waals surface area (Å²) in [6.45, 7) is 1.88. The fourth-order valence-electron chi connectivity index (χ4n) is 2.20. The van der Waals surface area contributed by atoms with Gasteiger partial charge >= 0.3 is 0 Å². The first-order chi connectivity index (χ1) is 7.24. The van der Waals surface area contributed by atoms with Gasteiger partial charge in [-0.25, -0.2) is 0 Å². The molecule has 0 aliphatic heterocycles. The Hall–Kier alpha value is -1.44. The van der Waals surface area contributed by atoms with Crippen molar-refractivity contribution in [1.29, 1.82) is 0 Å². The van der Waals surface area contributed by atoms with Crippen molar-refractivity contribution in [3.63, 3.8) is 0 Å². The minimum atomic E-state index is -0.0519. The monoisotopic (exact) mass is 202 g/mol. The fourth-order valence-corrected chi connectivity index (χ4v) is 2.20. The van der Waals surface area contributed by atoms with Gasteiger partial charge in [0.05, 0.1) is 0 Å². The number of hydrogen-bond donors (Lipinski definition) is 0. The average Bonchev–Trinajstić information content (AvgIpc) is 2.29. The van der Waals surface area contributed by atoms with Crippen LogP contribution in [0.4, 0.5) is 0 Å². The molecular formula is C13H14O2. The Balaban J connectivity index is 2.44. The molecule has 0 amide bonds. The van der Waals surface area contributed by atoms with E-state index in [0.717, 1.165) is 11.1 Å². The van der Waals surface area contributed by atoms with E-state index in [2.05, 4.69) is 0 Å². The van der Waals surface area contributed by atoms with Crippen molar-refractivity contribution in [2.45, 2.75) is 32.1 Å². The zero-order valence-corrected chi connectivity index (χ0v) is 8.82. The zero-order chi connectivity index (χ0) is 10.8. The van der Waals surface area contributed by atoms with E-state index in [9.17, 15) is 9.59 Å². The first-order valence-electron chi connectivity index (χ1n) is 5.39. The van der Waals surface area contributed by atoms with Crippen LogP contribution in [-0.2, 0) is 4.79 Å². The molecule has 15 heavy (non-hydrogen) atoms. The summed E-state index contributed by atoms with van der Waals surface area (Å²) in [7, 11) is 0. The van der Waals surface area contributed by atoms with Crippen LogP contribution in [0.3, 0.4) is 0 Å². The Bertz CT molecular complexity index is 407. The highest BCUT2D eigenvalue weighted by Crippen LogP contribution is 2.32. The Morgan fingerprint density at radius 3 is 2.87 bits per heavy atom. The lowest BCUT2D eigenvalue weighted by molar-refractivity contribution is -0.120. The standard InChI is InChI=1S/C13H14O2/c1-2-12(14)11-7-8-13(15)10-6-4-3-5-9(10)11/h3-6,11H,2,7-8H2,1H3. The van der Waals surface area contributed by atoms with Gasteiger partial charge in [-0.15, -0.1) is 0 Å². The van der Waals surface area contributed by atoms with Gasteiger partial charge in [0.15, 0.2) is 5.78 Å². The van der Waals surface area contributed by atoms with Gasteiger partial charge in [-0.1, -0.05) is 31.2 Å². The van der Waals surface area contributed by atoms with Gasteiger partial charge in [0.2, 0.25) is 0 Å². The largest absolute Gasteiger partial charge is 0.299 e. The van der Waals surface area contributed by atoms with Crippen LogP contribution in [0, 0.1) is 0 Å². The topological polar surface area (TPSA) is 34.1 Å². The van der Waals surface area contributed by atoms with Crippen molar-refractivity contribution in [3.05, 3.63) is 35.4 Å². The summed E-state index contributed by atoms with van der Waals surface area (Å²) in [4.78, 5) is 23.4. The Labute approximate surface area is 89.3 Å². The van der Waals surface area contributed by atoms with Crippen LogP contribution in [0.5, 0.6) is 0 Å². The molecule has 1 aromatic carbocycles. The second kappa shape index (κ2) is 3.97. The van der Waals surface area contributed by atoms with Gasteiger partial charge in [0.25, 0.3) is 0 Å². The van der Waals surface area contributed by atoms with E-state index >= 15 is 0 Å². The predicted octanol–water partition coefficient (Wildman–Crippen LogP) is 2.73. The molecule has 0 fully saturated rings. The summed E-state index contributed by atoms with van der Waals surface area (Å²) in [5.74, 6) is 0.365. The summed E-state index contributed by atoms with van der Waals surface area (Å²) in [5, 5.41) is 0. The Kier molecular flexibility index (Phi) is 2.67. The van der Waals surface area contributed by atoms with Crippen molar-refractivity contribution in [1.82, 2.24) is 0 Å². The first kappa shape index (κ1) is 10.1. The summed E-state index contributed by atoms with van der Waals surface area (Å²) < 4.78 is 0. The lowest BCUT2D eigenvalue weighted by atomic mass is 9.79. The van der Waals surface area contributed by atoms with Gasteiger partial charge in [-0.2, -0.15) is 0 Å². The van der Waals surface area contributed by atoms with Crippen LogP contribution in [-0.4, -0.2) is 11.6 Å². The molecule has 2 nitrogen and oxygen atoms in total. The minimum Gasteiger partial charge on any atom is -0.299 e. The minimum absolute atomic E-state index is 0.0519. The molecule has 0 heterocycles. The predicted molar refractivity (Wildman–Crippen MR) is 58.0 cm³/mol. The maximum Gasteiger partial charge on any atom is 0.163 e. The molecule has 1 unspecified atom stereocenters. The van der Waals surface area contributed by atoms with Crippen LogP contribution in [0.25, 0.3) is 0 Å². The van der Waals surface area contributed by atoms with E-state index in [0.29, 0.717) is 19.3 Å². The van der Waals surface area contributed by atoms with Gasteiger partial charge in [-0.3, -0.25) is 9.59 Å².